The average Bonchev–Trinajstić information content (AvgIpc) is 2.26. The summed E-state index contributed by atoms with van der Waals surface area (Å²) in [7, 11) is 1.38. The second-order valence-electron chi connectivity index (χ2n) is 4.72. The second-order valence-corrected chi connectivity index (χ2v) is 4.72. The van der Waals surface area contributed by atoms with Crippen molar-refractivity contribution in [1.82, 2.24) is 9.88 Å². The summed E-state index contributed by atoms with van der Waals surface area (Å²) in [4.78, 5) is 5.00. The Bertz CT molecular complexity index is 391. The summed E-state index contributed by atoms with van der Waals surface area (Å²) < 4.78 is 49.3. The van der Waals surface area contributed by atoms with E-state index in [0.717, 1.165) is 11.1 Å². The van der Waals surface area contributed by atoms with Crippen molar-refractivity contribution in [2.45, 2.75) is 19.1 Å². The minimum atomic E-state index is -4.23. The Morgan fingerprint density at radius 3 is 2.47 bits per heavy atom. The SMILES string of the molecule is CC(CN(C)CC(F)(F)F)C(N)c1ccc(F)cn1. The first-order chi connectivity index (χ1) is 8.69. The van der Waals surface area contributed by atoms with E-state index >= 15 is 0 Å². The fourth-order valence-corrected chi connectivity index (χ4v) is 1.85. The molecule has 1 aromatic heterocycles. The Morgan fingerprint density at radius 1 is 1.37 bits per heavy atom. The van der Waals surface area contributed by atoms with Gasteiger partial charge in [0, 0.05) is 6.54 Å². The average molecular weight is 279 g/mol. The summed E-state index contributed by atoms with van der Waals surface area (Å²) in [5.41, 5.74) is 6.37. The minimum Gasteiger partial charge on any atom is -0.322 e. The van der Waals surface area contributed by atoms with Crippen LogP contribution in [0.15, 0.2) is 18.3 Å². The van der Waals surface area contributed by atoms with Gasteiger partial charge in [-0.25, -0.2) is 4.39 Å². The first-order valence-electron chi connectivity index (χ1n) is 5.81. The van der Waals surface area contributed by atoms with Gasteiger partial charge in [0.05, 0.1) is 24.5 Å². The molecule has 0 spiro atoms. The lowest BCUT2D eigenvalue weighted by Crippen LogP contribution is -2.37. The molecule has 0 fully saturated rings. The third kappa shape index (κ3) is 5.52. The molecule has 0 aliphatic rings. The molecule has 0 saturated heterocycles. The van der Waals surface area contributed by atoms with E-state index in [9.17, 15) is 17.6 Å². The normalized spacial score (nSPS) is 15.6. The van der Waals surface area contributed by atoms with E-state index in [1.165, 1.54) is 19.2 Å². The molecule has 0 aromatic carbocycles. The van der Waals surface area contributed by atoms with E-state index in [2.05, 4.69) is 4.98 Å². The zero-order valence-corrected chi connectivity index (χ0v) is 10.8. The first kappa shape index (κ1) is 15.8. The van der Waals surface area contributed by atoms with Gasteiger partial charge in [0.1, 0.15) is 5.82 Å². The fraction of sp³-hybridized carbons (Fsp3) is 0.583. The summed E-state index contributed by atoms with van der Waals surface area (Å²) in [5, 5.41) is 0. The predicted octanol–water partition coefficient (Wildman–Crippen LogP) is 2.35. The Hall–Kier alpha value is -1.21. The monoisotopic (exact) mass is 279 g/mol. The molecule has 0 aliphatic carbocycles. The van der Waals surface area contributed by atoms with Gasteiger partial charge >= 0.3 is 6.18 Å². The number of rotatable bonds is 5. The molecule has 1 aromatic rings. The molecule has 1 heterocycles. The van der Waals surface area contributed by atoms with E-state index in [0.29, 0.717) is 5.69 Å². The van der Waals surface area contributed by atoms with Crippen molar-refractivity contribution in [3.8, 4) is 0 Å². The van der Waals surface area contributed by atoms with Gasteiger partial charge in [-0.1, -0.05) is 6.92 Å². The smallest absolute Gasteiger partial charge is 0.322 e. The molecule has 2 unspecified atom stereocenters. The van der Waals surface area contributed by atoms with Crippen LogP contribution in [0.1, 0.15) is 18.7 Å². The van der Waals surface area contributed by atoms with E-state index in [1.54, 1.807) is 6.92 Å². The molecule has 0 bridgehead atoms. The van der Waals surface area contributed by atoms with Crippen LogP contribution in [0.5, 0.6) is 0 Å². The van der Waals surface area contributed by atoms with E-state index in [-0.39, 0.29) is 12.5 Å². The molecule has 19 heavy (non-hydrogen) atoms. The number of nitrogens with two attached hydrogens (primary N) is 1. The third-order valence-corrected chi connectivity index (χ3v) is 2.75. The van der Waals surface area contributed by atoms with Gasteiger partial charge in [-0.3, -0.25) is 9.88 Å². The van der Waals surface area contributed by atoms with Crippen LogP contribution in [0.2, 0.25) is 0 Å². The van der Waals surface area contributed by atoms with Crippen LogP contribution < -0.4 is 5.73 Å². The predicted molar refractivity (Wildman–Crippen MR) is 63.8 cm³/mol. The maximum atomic E-state index is 12.7. The summed E-state index contributed by atoms with van der Waals surface area (Å²) in [6, 6.07) is 2.14. The van der Waals surface area contributed by atoms with Gasteiger partial charge in [0.25, 0.3) is 0 Å². The largest absolute Gasteiger partial charge is 0.401 e. The van der Waals surface area contributed by atoms with Crippen LogP contribution >= 0.6 is 0 Å². The van der Waals surface area contributed by atoms with Gasteiger partial charge in [0.15, 0.2) is 0 Å². The number of halogens is 4. The second kappa shape index (κ2) is 6.29. The fourth-order valence-electron chi connectivity index (χ4n) is 1.85. The van der Waals surface area contributed by atoms with Crippen molar-refractivity contribution in [3.05, 3.63) is 29.8 Å². The molecular weight excluding hydrogens is 262 g/mol. The Morgan fingerprint density at radius 2 is 2.00 bits per heavy atom. The van der Waals surface area contributed by atoms with E-state index < -0.39 is 24.6 Å². The van der Waals surface area contributed by atoms with Crippen molar-refractivity contribution >= 4 is 0 Å². The molecule has 0 radical (unpaired) electrons. The summed E-state index contributed by atoms with van der Waals surface area (Å²) >= 11 is 0. The molecule has 1 rings (SSSR count). The van der Waals surface area contributed by atoms with Gasteiger partial charge in [0.2, 0.25) is 0 Å². The standard InChI is InChI=1S/C12H17F4N3/c1-8(6-19(2)7-12(14,15)16)11(17)10-4-3-9(13)5-18-10/h3-5,8,11H,6-7,17H2,1-2H3. The van der Waals surface area contributed by atoms with Gasteiger partial charge in [-0.05, 0) is 25.1 Å². The van der Waals surface area contributed by atoms with Crippen molar-refractivity contribution in [2.75, 3.05) is 20.1 Å². The quantitative estimate of drug-likeness (QED) is 0.841. The van der Waals surface area contributed by atoms with Crippen molar-refractivity contribution < 1.29 is 17.6 Å². The van der Waals surface area contributed by atoms with Crippen LogP contribution in [-0.2, 0) is 0 Å². The highest BCUT2D eigenvalue weighted by molar-refractivity contribution is 5.10. The lowest BCUT2D eigenvalue weighted by Gasteiger charge is -2.26. The molecular formula is C12H17F4N3. The van der Waals surface area contributed by atoms with E-state index in [1.807, 2.05) is 0 Å². The molecule has 3 nitrogen and oxygen atoms in total. The highest BCUT2D eigenvalue weighted by Gasteiger charge is 2.30. The summed E-state index contributed by atoms with van der Waals surface area (Å²) in [6.07, 6.45) is -3.19. The van der Waals surface area contributed by atoms with Crippen LogP contribution in [-0.4, -0.2) is 36.2 Å². The molecule has 108 valence electrons. The zero-order chi connectivity index (χ0) is 14.6. The highest BCUT2D eigenvalue weighted by Crippen LogP contribution is 2.21. The van der Waals surface area contributed by atoms with Crippen LogP contribution in [0, 0.1) is 11.7 Å². The van der Waals surface area contributed by atoms with Crippen LogP contribution in [0.25, 0.3) is 0 Å². The Balaban J connectivity index is 2.57. The molecule has 2 atom stereocenters. The van der Waals surface area contributed by atoms with Crippen molar-refractivity contribution in [3.63, 3.8) is 0 Å². The van der Waals surface area contributed by atoms with Crippen molar-refractivity contribution in [1.29, 1.82) is 0 Å². The first-order valence-corrected chi connectivity index (χ1v) is 5.81. The number of aromatic nitrogens is 1. The zero-order valence-electron chi connectivity index (χ0n) is 10.8. The van der Waals surface area contributed by atoms with Crippen LogP contribution in [0.3, 0.4) is 0 Å². The van der Waals surface area contributed by atoms with E-state index in [4.69, 9.17) is 5.73 Å². The Kier molecular flexibility index (Phi) is 5.25. The Labute approximate surface area is 109 Å². The number of alkyl halides is 3. The summed E-state index contributed by atoms with van der Waals surface area (Å²) in [5.74, 6) is -0.705. The maximum Gasteiger partial charge on any atom is 0.401 e. The lowest BCUT2D eigenvalue weighted by atomic mass is 9.99. The molecule has 0 saturated carbocycles. The third-order valence-electron chi connectivity index (χ3n) is 2.75. The van der Waals surface area contributed by atoms with Crippen molar-refractivity contribution in [2.24, 2.45) is 11.7 Å². The molecule has 0 amide bonds. The number of hydrogen-bond donors (Lipinski definition) is 1. The van der Waals surface area contributed by atoms with Crippen LogP contribution in [0.4, 0.5) is 17.6 Å². The number of hydrogen-bond acceptors (Lipinski definition) is 3. The van der Waals surface area contributed by atoms with Gasteiger partial charge in [-0.2, -0.15) is 13.2 Å². The molecule has 7 heteroatoms. The maximum absolute atomic E-state index is 12.7. The minimum absolute atomic E-state index is 0.180. The number of pyridine rings is 1. The molecule has 0 aliphatic heterocycles. The van der Waals surface area contributed by atoms with Gasteiger partial charge < -0.3 is 5.73 Å². The molecule has 2 N–H and O–H groups in total. The lowest BCUT2D eigenvalue weighted by molar-refractivity contribution is -0.144. The summed E-state index contributed by atoms with van der Waals surface area (Å²) in [6.45, 7) is 0.934. The van der Waals surface area contributed by atoms with Gasteiger partial charge in [-0.15, -0.1) is 0 Å². The highest BCUT2D eigenvalue weighted by atomic mass is 19.4. The topological polar surface area (TPSA) is 42.1 Å². The number of nitrogens with zero attached hydrogens (tertiary/aromatic N) is 2.